The van der Waals surface area contributed by atoms with Gasteiger partial charge in [-0.05, 0) is 43.2 Å². The maximum absolute atomic E-state index is 11.1. The third-order valence-electron chi connectivity index (χ3n) is 2.54. The van der Waals surface area contributed by atoms with Crippen molar-refractivity contribution in [2.75, 3.05) is 21.3 Å². The number of methoxy groups -OCH3 is 3. The Morgan fingerprint density at radius 3 is 1.83 bits per heavy atom. The molecule has 18 heavy (non-hydrogen) atoms. The van der Waals surface area contributed by atoms with Crippen LogP contribution in [-0.4, -0.2) is 27.1 Å². The minimum atomic E-state index is 0.00116. The molecular weight excluding hydrogens is 232 g/mol. The van der Waals surface area contributed by atoms with Crippen molar-refractivity contribution in [2.24, 2.45) is 0 Å². The van der Waals surface area contributed by atoms with Crippen molar-refractivity contribution in [2.45, 2.75) is 13.8 Å². The number of benzene rings is 1. The molecule has 1 rings (SSSR count). The predicted octanol–water partition coefficient (Wildman–Crippen LogP) is 2.70. The molecule has 0 unspecified atom stereocenters. The van der Waals surface area contributed by atoms with Gasteiger partial charge in [-0.2, -0.15) is 0 Å². The number of carbonyl (C=O) groups is 1. The third kappa shape index (κ3) is 3.03. The second kappa shape index (κ2) is 6.10. The van der Waals surface area contributed by atoms with E-state index in [9.17, 15) is 4.79 Å². The van der Waals surface area contributed by atoms with Gasteiger partial charge in [-0.25, -0.2) is 0 Å². The van der Waals surface area contributed by atoms with E-state index >= 15 is 0 Å². The summed E-state index contributed by atoms with van der Waals surface area (Å²) in [6.45, 7) is 3.38. The predicted molar refractivity (Wildman–Crippen MR) is 70.4 cm³/mol. The number of allylic oxidation sites excluding steroid dienone is 2. The minimum absolute atomic E-state index is 0.00116. The van der Waals surface area contributed by atoms with Gasteiger partial charge in [0, 0.05) is 0 Å². The zero-order valence-corrected chi connectivity index (χ0v) is 11.4. The van der Waals surface area contributed by atoms with Gasteiger partial charge in [-0.15, -0.1) is 0 Å². The summed E-state index contributed by atoms with van der Waals surface area (Å²) < 4.78 is 15.8. The monoisotopic (exact) mass is 250 g/mol. The van der Waals surface area contributed by atoms with Gasteiger partial charge in [0.25, 0.3) is 0 Å². The molecule has 98 valence electrons. The Hall–Kier alpha value is -1.97. The molecular formula is C14H18O4. The second-order valence-corrected chi connectivity index (χ2v) is 3.85. The van der Waals surface area contributed by atoms with E-state index in [1.54, 1.807) is 27.4 Å². The van der Waals surface area contributed by atoms with Crippen molar-refractivity contribution in [1.82, 2.24) is 0 Å². The molecule has 0 amide bonds. The first-order valence-electron chi connectivity index (χ1n) is 5.52. The van der Waals surface area contributed by atoms with Gasteiger partial charge in [-0.3, -0.25) is 4.79 Å². The highest BCUT2D eigenvalue weighted by molar-refractivity contribution is 5.95. The van der Waals surface area contributed by atoms with Gasteiger partial charge < -0.3 is 14.2 Å². The highest BCUT2D eigenvalue weighted by Gasteiger charge is 2.13. The molecule has 0 heterocycles. The van der Waals surface area contributed by atoms with Crippen molar-refractivity contribution < 1.29 is 19.0 Å². The fourth-order valence-electron chi connectivity index (χ4n) is 1.70. The Bertz CT molecular complexity index is 450. The summed E-state index contributed by atoms with van der Waals surface area (Å²) in [5.74, 6) is 1.69. The SMILES string of the molecule is COc1cc(/C(C)=C/C(C)=O)cc(OC)c1OC. The van der Waals surface area contributed by atoms with E-state index in [2.05, 4.69) is 0 Å². The quantitative estimate of drug-likeness (QED) is 0.754. The maximum atomic E-state index is 11.1. The van der Waals surface area contributed by atoms with Crippen LogP contribution in [-0.2, 0) is 4.79 Å². The number of rotatable bonds is 5. The average Bonchev–Trinajstić information content (AvgIpc) is 2.35. The smallest absolute Gasteiger partial charge is 0.203 e. The Balaban J connectivity index is 3.36. The van der Waals surface area contributed by atoms with Crippen LogP contribution in [0.4, 0.5) is 0 Å². The lowest BCUT2D eigenvalue weighted by molar-refractivity contribution is -0.112. The maximum Gasteiger partial charge on any atom is 0.203 e. The summed E-state index contributed by atoms with van der Waals surface area (Å²) in [6.07, 6.45) is 1.57. The molecule has 0 aliphatic heterocycles. The molecule has 0 saturated carbocycles. The van der Waals surface area contributed by atoms with E-state index in [0.29, 0.717) is 17.2 Å². The fraction of sp³-hybridized carbons (Fsp3) is 0.357. The normalized spacial score (nSPS) is 11.1. The van der Waals surface area contributed by atoms with Gasteiger partial charge in [0.15, 0.2) is 17.3 Å². The summed E-state index contributed by atoms with van der Waals surface area (Å²) in [7, 11) is 4.68. The summed E-state index contributed by atoms with van der Waals surface area (Å²) in [5, 5.41) is 0. The topological polar surface area (TPSA) is 44.8 Å². The molecule has 4 nitrogen and oxygen atoms in total. The van der Waals surface area contributed by atoms with Crippen LogP contribution in [0.2, 0.25) is 0 Å². The van der Waals surface area contributed by atoms with E-state index in [1.807, 2.05) is 19.1 Å². The minimum Gasteiger partial charge on any atom is -0.493 e. The highest BCUT2D eigenvalue weighted by atomic mass is 16.5. The molecule has 1 aromatic rings. The van der Waals surface area contributed by atoms with E-state index < -0.39 is 0 Å². The van der Waals surface area contributed by atoms with Crippen LogP contribution >= 0.6 is 0 Å². The lowest BCUT2D eigenvalue weighted by Gasteiger charge is -2.14. The van der Waals surface area contributed by atoms with Gasteiger partial charge in [0.1, 0.15) is 0 Å². The Kier molecular flexibility index (Phi) is 4.77. The second-order valence-electron chi connectivity index (χ2n) is 3.85. The zero-order valence-electron chi connectivity index (χ0n) is 11.4. The van der Waals surface area contributed by atoms with Crippen LogP contribution in [0.15, 0.2) is 18.2 Å². The van der Waals surface area contributed by atoms with E-state index in [1.165, 1.54) is 6.92 Å². The molecule has 0 N–H and O–H groups in total. The fourth-order valence-corrected chi connectivity index (χ4v) is 1.70. The number of carbonyl (C=O) groups excluding carboxylic acids is 1. The number of hydrogen-bond acceptors (Lipinski definition) is 4. The first-order valence-corrected chi connectivity index (χ1v) is 5.52. The van der Waals surface area contributed by atoms with E-state index in [-0.39, 0.29) is 5.78 Å². The molecule has 0 fully saturated rings. The van der Waals surface area contributed by atoms with Crippen LogP contribution in [0.25, 0.3) is 5.57 Å². The number of ketones is 1. The van der Waals surface area contributed by atoms with Gasteiger partial charge in [-0.1, -0.05) is 0 Å². The molecule has 0 saturated heterocycles. The molecule has 0 spiro atoms. The van der Waals surface area contributed by atoms with Crippen molar-refractivity contribution in [1.29, 1.82) is 0 Å². The summed E-state index contributed by atoms with van der Waals surface area (Å²) in [5.41, 5.74) is 1.71. The molecule has 0 radical (unpaired) electrons. The molecule has 0 atom stereocenters. The van der Waals surface area contributed by atoms with Crippen LogP contribution in [0, 0.1) is 0 Å². The highest BCUT2D eigenvalue weighted by Crippen LogP contribution is 2.39. The van der Waals surface area contributed by atoms with Gasteiger partial charge in [0.05, 0.1) is 21.3 Å². The molecule has 0 aromatic heterocycles. The Labute approximate surface area is 107 Å². The van der Waals surface area contributed by atoms with Gasteiger partial charge >= 0.3 is 0 Å². The molecule has 0 aliphatic rings. The van der Waals surface area contributed by atoms with Crippen molar-refractivity contribution in [3.8, 4) is 17.2 Å². The first kappa shape index (κ1) is 14.1. The van der Waals surface area contributed by atoms with Crippen molar-refractivity contribution >= 4 is 11.4 Å². The Morgan fingerprint density at radius 2 is 1.50 bits per heavy atom. The van der Waals surface area contributed by atoms with Crippen LogP contribution in [0.1, 0.15) is 19.4 Å². The molecule has 1 aromatic carbocycles. The summed E-state index contributed by atoms with van der Waals surface area (Å²) in [6, 6.07) is 3.63. The standard InChI is InChI=1S/C14H18O4/c1-9(6-10(2)15)11-7-12(16-3)14(18-5)13(8-11)17-4/h6-8H,1-5H3/b9-6+. The average molecular weight is 250 g/mol. The molecule has 4 heteroatoms. The zero-order chi connectivity index (χ0) is 13.7. The van der Waals surface area contributed by atoms with Crippen LogP contribution in [0.5, 0.6) is 17.2 Å². The van der Waals surface area contributed by atoms with E-state index in [0.717, 1.165) is 11.1 Å². The summed E-state index contributed by atoms with van der Waals surface area (Å²) in [4.78, 5) is 11.1. The number of hydrogen-bond donors (Lipinski definition) is 0. The Morgan fingerprint density at radius 1 is 1.00 bits per heavy atom. The van der Waals surface area contributed by atoms with Crippen molar-refractivity contribution in [3.05, 3.63) is 23.8 Å². The molecule has 0 bridgehead atoms. The van der Waals surface area contributed by atoms with Gasteiger partial charge in [0.2, 0.25) is 5.75 Å². The summed E-state index contributed by atoms with van der Waals surface area (Å²) >= 11 is 0. The third-order valence-corrected chi connectivity index (χ3v) is 2.54. The van der Waals surface area contributed by atoms with Crippen molar-refractivity contribution in [3.63, 3.8) is 0 Å². The number of ether oxygens (including phenoxy) is 3. The first-order chi connectivity index (χ1) is 8.53. The largest absolute Gasteiger partial charge is 0.493 e. The molecule has 0 aliphatic carbocycles. The lowest BCUT2D eigenvalue weighted by atomic mass is 10.0. The van der Waals surface area contributed by atoms with Crippen LogP contribution < -0.4 is 14.2 Å². The van der Waals surface area contributed by atoms with E-state index in [4.69, 9.17) is 14.2 Å². The lowest BCUT2D eigenvalue weighted by Crippen LogP contribution is -1.97. The van der Waals surface area contributed by atoms with Crippen LogP contribution in [0.3, 0.4) is 0 Å².